The van der Waals surface area contributed by atoms with Gasteiger partial charge in [0.05, 0.1) is 23.6 Å². The number of carboxylic acid groups (broad SMARTS) is 1. The van der Waals surface area contributed by atoms with Crippen LogP contribution in [-0.4, -0.2) is 47.5 Å². The molecule has 2 aliphatic heterocycles. The fraction of sp³-hybridized carbons (Fsp3) is 0.605. The first-order valence-electron chi connectivity index (χ1n) is 33.8. The first-order chi connectivity index (χ1) is 40.5. The summed E-state index contributed by atoms with van der Waals surface area (Å²) in [7, 11) is 0. The van der Waals surface area contributed by atoms with Crippen molar-refractivity contribution >= 4 is 51.1 Å². The minimum absolute atomic E-state index is 0.0116. The van der Waals surface area contributed by atoms with E-state index in [1.807, 2.05) is 12.2 Å². The number of nitrogens with zero attached hydrogens (tertiary/aromatic N) is 3. The van der Waals surface area contributed by atoms with Gasteiger partial charge in [-0.3, -0.25) is 9.59 Å². The highest BCUT2D eigenvalue weighted by Crippen LogP contribution is 2.54. The minimum Gasteiger partial charge on any atom is -0.481 e. The summed E-state index contributed by atoms with van der Waals surface area (Å²) in [5.74, 6) is -0.808. The SMILES string of the molecule is CCCCCCCCCCCCCCCCCCC1(CCCCCCCCCCCCCCCCCC)C(/C=C/C(C#N)=C/C=C2/N(CCOC=O)c3c(C)cc4ccccc4c3C2(C)C)=[N+](CCC(=O)O)c2c(C)cc3ccccc3c21. The van der Waals surface area contributed by atoms with Crippen LogP contribution in [0.3, 0.4) is 0 Å². The van der Waals surface area contributed by atoms with Crippen LogP contribution in [0.4, 0.5) is 11.4 Å². The molecule has 7 heteroatoms. The van der Waals surface area contributed by atoms with Crippen molar-refractivity contribution in [1.82, 2.24) is 0 Å². The number of aliphatic carboxylic acids is 1. The van der Waals surface area contributed by atoms with Gasteiger partial charge in [-0.25, -0.2) is 0 Å². The lowest BCUT2D eigenvalue weighted by Gasteiger charge is -2.29. The van der Waals surface area contributed by atoms with Gasteiger partial charge in [-0.05, 0) is 89.7 Å². The maximum absolute atomic E-state index is 12.6. The molecule has 0 saturated carbocycles. The predicted molar refractivity (Wildman–Crippen MR) is 353 cm³/mol. The number of carboxylic acids is 1. The third kappa shape index (κ3) is 19.3. The summed E-state index contributed by atoms with van der Waals surface area (Å²) in [5.41, 5.74) is 9.08. The summed E-state index contributed by atoms with van der Waals surface area (Å²) in [5, 5.41) is 26.3. The Kier molecular flexibility index (Phi) is 29.2. The number of benzene rings is 4. The van der Waals surface area contributed by atoms with Gasteiger partial charge >= 0.3 is 5.97 Å². The van der Waals surface area contributed by atoms with E-state index in [4.69, 9.17) is 4.74 Å². The summed E-state index contributed by atoms with van der Waals surface area (Å²) in [6.07, 6.45) is 52.7. The number of aryl methyl sites for hydroxylation is 2. The average Bonchev–Trinajstić information content (AvgIpc) is 1.77. The molecule has 0 atom stereocenters. The summed E-state index contributed by atoms with van der Waals surface area (Å²) >= 11 is 0. The fourth-order valence-electron chi connectivity index (χ4n) is 14.3. The monoisotopic (exact) mass is 1130 g/mol. The highest BCUT2D eigenvalue weighted by atomic mass is 16.5. The van der Waals surface area contributed by atoms with Gasteiger partial charge in [-0.15, -0.1) is 0 Å². The Labute approximate surface area is 504 Å². The second-order valence-electron chi connectivity index (χ2n) is 25.5. The topological polar surface area (TPSA) is 93.6 Å². The van der Waals surface area contributed by atoms with Crippen molar-refractivity contribution in [2.75, 3.05) is 24.6 Å². The van der Waals surface area contributed by atoms with E-state index < -0.39 is 11.4 Å². The standard InChI is InChI=1S/C76H109N3O4/c1-7-9-11-13-15-17-19-21-23-25-27-29-31-33-35-41-52-76(53-42-36-34-32-30-28-26-24-22-20-18-16-14-12-10-8-2)69(78(54-51-70(81)82)74-62(4)58-65-44-38-40-46-67(65)72(74)76)50-48-63(59-77)47-49-68-75(5,6)71-66-45-39-37-43-64(66)57-61(3)73(71)79(68)55-56-83-60-80/h37-40,43-50,57-58,60H,7-36,41-42,51-56H2,1-6H3/p+1. The van der Waals surface area contributed by atoms with Crippen molar-refractivity contribution < 1.29 is 24.0 Å². The molecule has 1 N–H and O–H groups in total. The first kappa shape index (κ1) is 66.7. The van der Waals surface area contributed by atoms with Crippen LogP contribution in [0.15, 0.2) is 96.2 Å². The molecule has 0 radical (unpaired) electrons. The molecule has 0 unspecified atom stereocenters. The van der Waals surface area contributed by atoms with Gasteiger partial charge in [0.25, 0.3) is 6.47 Å². The quantitative estimate of drug-likeness (QED) is 0.0156. The molecular formula is C76H110N3O4+. The molecule has 0 fully saturated rings. The number of hydrogen-bond donors (Lipinski definition) is 1. The molecule has 83 heavy (non-hydrogen) atoms. The molecule has 0 aliphatic carbocycles. The molecule has 0 aromatic heterocycles. The second-order valence-corrected chi connectivity index (χ2v) is 25.5. The third-order valence-corrected chi connectivity index (χ3v) is 18.7. The maximum atomic E-state index is 12.6. The Morgan fingerprint density at radius 1 is 0.627 bits per heavy atom. The van der Waals surface area contributed by atoms with E-state index in [0.717, 1.165) is 54.0 Å². The van der Waals surface area contributed by atoms with Gasteiger partial charge in [-0.1, -0.05) is 282 Å². The third-order valence-electron chi connectivity index (χ3n) is 18.7. The van der Waals surface area contributed by atoms with Crippen molar-refractivity contribution in [2.45, 2.75) is 277 Å². The Balaban J connectivity index is 1.27. The molecule has 452 valence electrons. The lowest BCUT2D eigenvalue weighted by molar-refractivity contribution is -0.437. The van der Waals surface area contributed by atoms with E-state index in [1.54, 1.807) is 0 Å². The molecule has 0 bridgehead atoms. The molecule has 7 nitrogen and oxygen atoms in total. The van der Waals surface area contributed by atoms with Crippen LogP contribution in [0.5, 0.6) is 0 Å². The highest BCUT2D eigenvalue weighted by Gasteiger charge is 2.52. The number of anilines is 1. The summed E-state index contributed by atoms with van der Waals surface area (Å²) < 4.78 is 7.67. The van der Waals surface area contributed by atoms with Crippen molar-refractivity contribution in [1.29, 1.82) is 5.26 Å². The molecule has 0 saturated heterocycles. The first-order valence-corrected chi connectivity index (χ1v) is 33.8. The van der Waals surface area contributed by atoms with Gasteiger partial charge < -0.3 is 14.7 Å². The van der Waals surface area contributed by atoms with Crippen LogP contribution in [0.1, 0.15) is 275 Å². The maximum Gasteiger partial charge on any atom is 0.309 e. The van der Waals surface area contributed by atoms with Crippen molar-refractivity contribution in [3.05, 3.63) is 118 Å². The van der Waals surface area contributed by atoms with Crippen LogP contribution < -0.4 is 4.90 Å². The Hall–Kier alpha value is -5.48. The molecule has 2 aliphatic rings. The Morgan fingerprint density at radius 3 is 1.51 bits per heavy atom. The Bertz CT molecular complexity index is 2770. The van der Waals surface area contributed by atoms with E-state index in [9.17, 15) is 20.0 Å². The van der Waals surface area contributed by atoms with Crippen LogP contribution >= 0.6 is 0 Å². The lowest BCUT2D eigenvalue weighted by atomic mass is 9.68. The van der Waals surface area contributed by atoms with E-state index >= 15 is 0 Å². The number of ether oxygens (including phenoxy) is 1. The number of carbonyl (C=O) groups excluding carboxylic acids is 1. The zero-order valence-corrected chi connectivity index (χ0v) is 53.0. The zero-order valence-electron chi connectivity index (χ0n) is 53.0. The van der Waals surface area contributed by atoms with Gasteiger partial charge in [0, 0.05) is 34.0 Å². The number of unbranched alkanes of at least 4 members (excludes halogenated alkanes) is 30. The van der Waals surface area contributed by atoms with Gasteiger partial charge in [-0.2, -0.15) is 9.84 Å². The number of fused-ring (bicyclic) bond motifs is 6. The predicted octanol–water partition coefficient (Wildman–Crippen LogP) is 21.6. The molecule has 4 aromatic carbocycles. The number of rotatable bonds is 44. The summed E-state index contributed by atoms with van der Waals surface area (Å²) in [6.45, 7) is 15.0. The van der Waals surface area contributed by atoms with E-state index in [0.29, 0.717) is 25.1 Å². The van der Waals surface area contributed by atoms with Crippen LogP contribution in [0.2, 0.25) is 0 Å². The van der Waals surface area contributed by atoms with Crippen LogP contribution in [-0.2, 0) is 25.2 Å². The zero-order chi connectivity index (χ0) is 59.1. The number of carbonyl (C=O) groups is 2. The van der Waals surface area contributed by atoms with Gasteiger partial charge in [0.15, 0.2) is 12.3 Å². The van der Waals surface area contributed by atoms with E-state index in [1.165, 1.54) is 231 Å². The highest BCUT2D eigenvalue weighted by molar-refractivity contribution is 6.09. The van der Waals surface area contributed by atoms with E-state index in [2.05, 4.69) is 130 Å². The number of hydrogen-bond acceptors (Lipinski definition) is 5. The summed E-state index contributed by atoms with van der Waals surface area (Å²) in [4.78, 5) is 26.3. The smallest absolute Gasteiger partial charge is 0.309 e. The summed E-state index contributed by atoms with van der Waals surface area (Å²) in [6, 6.07) is 24.5. The van der Waals surface area contributed by atoms with Gasteiger partial charge in [0.2, 0.25) is 5.69 Å². The average molecular weight is 1130 g/mol. The Morgan fingerprint density at radius 2 is 1.06 bits per heavy atom. The van der Waals surface area contributed by atoms with Crippen LogP contribution in [0, 0.1) is 25.2 Å². The van der Waals surface area contributed by atoms with Crippen LogP contribution in [0.25, 0.3) is 21.5 Å². The van der Waals surface area contributed by atoms with Gasteiger partial charge in [0.1, 0.15) is 13.0 Å². The second kappa shape index (κ2) is 36.4. The number of allylic oxidation sites excluding steroid dienone is 6. The van der Waals surface area contributed by atoms with Crippen molar-refractivity contribution in [2.24, 2.45) is 0 Å². The molecule has 0 spiro atoms. The molecule has 0 amide bonds. The number of nitriles is 1. The molecule has 6 rings (SSSR count). The molecule has 2 heterocycles. The van der Waals surface area contributed by atoms with Crippen molar-refractivity contribution in [3.63, 3.8) is 0 Å². The largest absolute Gasteiger partial charge is 0.481 e. The van der Waals surface area contributed by atoms with Crippen molar-refractivity contribution in [3.8, 4) is 6.07 Å². The molecule has 4 aromatic rings. The van der Waals surface area contributed by atoms with E-state index in [-0.39, 0.29) is 18.4 Å². The molecular weight excluding hydrogens is 1020 g/mol. The normalized spacial score (nSPS) is 15.1. The fourth-order valence-corrected chi connectivity index (χ4v) is 14.3. The minimum atomic E-state index is -0.808. The lowest BCUT2D eigenvalue weighted by Crippen LogP contribution is -2.35.